The molecule has 0 bridgehead atoms. The zero-order valence-corrected chi connectivity index (χ0v) is 11.5. The quantitative estimate of drug-likeness (QED) is 0.824. The highest BCUT2D eigenvalue weighted by molar-refractivity contribution is 7.89. The van der Waals surface area contributed by atoms with E-state index in [0.717, 1.165) is 0 Å². The third kappa shape index (κ3) is 2.26. The number of fused-ring (bicyclic) bond motifs is 1. The second-order valence-corrected chi connectivity index (χ2v) is 6.85. The lowest BCUT2D eigenvalue weighted by Gasteiger charge is -2.29. The Kier molecular flexibility index (Phi) is 3.15. The van der Waals surface area contributed by atoms with Gasteiger partial charge in [-0.15, -0.1) is 0 Å². The van der Waals surface area contributed by atoms with Crippen molar-refractivity contribution in [2.75, 3.05) is 13.1 Å². The molecule has 1 fully saturated rings. The van der Waals surface area contributed by atoms with E-state index in [9.17, 15) is 13.2 Å². The predicted molar refractivity (Wildman–Crippen MR) is 72.8 cm³/mol. The summed E-state index contributed by atoms with van der Waals surface area (Å²) < 4.78 is 31.3. The fraction of sp³-hybridized carbons (Fsp3) is 0.417. The van der Waals surface area contributed by atoms with Crippen LogP contribution in [0.15, 0.2) is 32.3 Å². The topological polar surface area (TPSA) is 109 Å². The smallest absolute Gasteiger partial charge is 0.408 e. The van der Waals surface area contributed by atoms with Crippen LogP contribution < -0.4 is 11.5 Å². The van der Waals surface area contributed by atoms with Crippen LogP contribution in [0, 0.1) is 0 Å². The fourth-order valence-electron chi connectivity index (χ4n) is 2.35. The van der Waals surface area contributed by atoms with Crippen molar-refractivity contribution in [2.45, 2.75) is 23.8 Å². The molecule has 0 unspecified atom stereocenters. The number of benzene rings is 1. The molecule has 0 amide bonds. The van der Waals surface area contributed by atoms with Crippen LogP contribution in [0.5, 0.6) is 0 Å². The zero-order chi connectivity index (χ0) is 14.3. The molecular formula is C12H15N3O4S. The van der Waals surface area contributed by atoms with Crippen molar-refractivity contribution in [2.24, 2.45) is 5.73 Å². The first-order valence-electron chi connectivity index (χ1n) is 6.35. The SMILES string of the molecule is NC1CCN(S(=O)(=O)c2ccc3[nH]c(=O)oc3c2)CC1. The molecule has 0 aliphatic carbocycles. The molecule has 1 aromatic carbocycles. The summed E-state index contributed by atoms with van der Waals surface area (Å²) in [5.41, 5.74) is 6.50. The minimum Gasteiger partial charge on any atom is -0.408 e. The summed E-state index contributed by atoms with van der Waals surface area (Å²) >= 11 is 0. The molecule has 8 heteroatoms. The summed E-state index contributed by atoms with van der Waals surface area (Å²) in [5.74, 6) is -0.599. The summed E-state index contributed by atoms with van der Waals surface area (Å²) in [7, 11) is -3.57. The van der Waals surface area contributed by atoms with E-state index in [1.807, 2.05) is 0 Å². The maximum atomic E-state index is 12.5. The third-order valence-corrected chi connectivity index (χ3v) is 5.42. The van der Waals surface area contributed by atoms with Crippen molar-refractivity contribution in [1.29, 1.82) is 0 Å². The van der Waals surface area contributed by atoms with Gasteiger partial charge in [-0.3, -0.25) is 4.98 Å². The van der Waals surface area contributed by atoms with Crippen LogP contribution in [0.3, 0.4) is 0 Å². The van der Waals surface area contributed by atoms with E-state index in [0.29, 0.717) is 31.4 Å². The summed E-state index contributed by atoms with van der Waals surface area (Å²) in [6, 6.07) is 4.43. The Hall–Kier alpha value is -1.64. The van der Waals surface area contributed by atoms with E-state index >= 15 is 0 Å². The van der Waals surface area contributed by atoms with Crippen molar-refractivity contribution < 1.29 is 12.8 Å². The molecule has 0 spiro atoms. The lowest BCUT2D eigenvalue weighted by molar-refractivity contribution is 0.320. The molecule has 3 rings (SSSR count). The molecular weight excluding hydrogens is 282 g/mol. The van der Waals surface area contributed by atoms with Crippen LogP contribution in [0.4, 0.5) is 0 Å². The highest BCUT2D eigenvalue weighted by Crippen LogP contribution is 2.22. The van der Waals surface area contributed by atoms with Crippen molar-refractivity contribution in [3.63, 3.8) is 0 Å². The number of aromatic amines is 1. The monoisotopic (exact) mass is 297 g/mol. The van der Waals surface area contributed by atoms with Gasteiger partial charge < -0.3 is 10.2 Å². The van der Waals surface area contributed by atoms with E-state index < -0.39 is 15.8 Å². The number of nitrogens with zero attached hydrogens (tertiary/aromatic N) is 1. The van der Waals surface area contributed by atoms with Crippen LogP contribution >= 0.6 is 0 Å². The van der Waals surface area contributed by atoms with Crippen LogP contribution in [-0.4, -0.2) is 36.8 Å². The molecule has 1 saturated heterocycles. The number of nitrogens with one attached hydrogen (secondary N) is 1. The molecule has 1 aromatic heterocycles. The molecule has 0 saturated carbocycles. The highest BCUT2D eigenvalue weighted by atomic mass is 32.2. The first-order valence-corrected chi connectivity index (χ1v) is 7.79. The molecule has 2 heterocycles. The minimum atomic E-state index is -3.57. The number of aromatic nitrogens is 1. The average Bonchev–Trinajstić information content (AvgIpc) is 2.78. The van der Waals surface area contributed by atoms with Gasteiger partial charge in [0, 0.05) is 25.2 Å². The number of piperidine rings is 1. The zero-order valence-electron chi connectivity index (χ0n) is 10.7. The standard InChI is InChI=1S/C12H15N3O4S/c13-8-3-5-15(6-4-8)20(17,18)9-1-2-10-11(7-9)19-12(16)14-10/h1-2,7-8H,3-6,13H2,(H,14,16). The summed E-state index contributed by atoms with van der Waals surface area (Å²) in [6.45, 7) is 0.831. The van der Waals surface area contributed by atoms with Gasteiger partial charge in [0.05, 0.1) is 10.4 Å². The van der Waals surface area contributed by atoms with Gasteiger partial charge in [0.1, 0.15) is 0 Å². The lowest BCUT2D eigenvalue weighted by Crippen LogP contribution is -2.42. The number of hydrogen-bond acceptors (Lipinski definition) is 5. The molecule has 108 valence electrons. The van der Waals surface area contributed by atoms with Crippen molar-refractivity contribution in [3.05, 3.63) is 28.7 Å². The van der Waals surface area contributed by atoms with Crippen LogP contribution in [-0.2, 0) is 10.0 Å². The number of H-pyrrole nitrogens is 1. The Bertz CT molecular complexity index is 784. The first-order chi connectivity index (χ1) is 9.46. The van der Waals surface area contributed by atoms with Gasteiger partial charge in [0.15, 0.2) is 5.58 Å². The Balaban J connectivity index is 1.98. The van der Waals surface area contributed by atoms with Gasteiger partial charge in [-0.2, -0.15) is 4.31 Å². The Morgan fingerprint density at radius 2 is 2.00 bits per heavy atom. The highest BCUT2D eigenvalue weighted by Gasteiger charge is 2.28. The molecule has 2 aromatic rings. The second kappa shape index (κ2) is 4.72. The number of sulfonamides is 1. The number of nitrogens with two attached hydrogens (primary N) is 1. The van der Waals surface area contributed by atoms with Crippen molar-refractivity contribution in [3.8, 4) is 0 Å². The number of oxazole rings is 1. The predicted octanol–water partition coefficient (Wildman–Crippen LogP) is 0.233. The molecule has 3 N–H and O–H groups in total. The maximum Gasteiger partial charge on any atom is 0.417 e. The molecule has 1 aliphatic rings. The molecule has 20 heavy (non-hydrogen) atoms. The Morgan fingerprint density at radius 1 is 1.30 bits per heavy atom. The van der Waals surface area contributed by atoms with E-state index in [-0.39, 0.29) is 16.5 Å². The van der Waals surface area contributed by atoms with Crippen LogP contribution in [0.1, 0.15) is 12.8 Å². The number of rotatable bonds is 2. The van der Waals surface area contributed by atoms with Gasteiger partial charge in [-0.05, 0) is 25.0 Å². The summed E-state index contributed by atoms with van der Waals surface area (Å²) in [6.07, 6.45) is 1.31. The Morgan fingerprint density at radius 3 is 2.70 bits per heavy atom. The van der Waals surface area contributed by atoms with Crippen molar-refractivity contribution in [1.82, 2.24) is 9.29 Å². The van der Waals surface area contributed by atoms with Crippen LogP contribution in [0.25, 0.3) is 11.1 Å². The number of hydrogen-bond donors (Lipinski definition) is 2. The van der Waals surface area contributed by atoms with Crippen molar-refractivity contribution >= 4 is 21.1 Å². The molecule has 0 atom stereocenters. The van der Waals surface area contributed by atoms with Gasteiger partial charge in [-0.25, -0.2) is 13.2 Å². The summed E-state index contributed by atoms with van der Waals surface area (Å²) in [5, 5.41) is 0. The van der Waals surface area contributed by atoms with E-state index in [1.165, 1.54) is 22.5 Å². The largest absolute Gasteiger partial charge is 0.417 e. The lowest BCUT2D eigenvalue weighted by atomic mass is 10.1. The average molecular weight is 297 g/mol. The van der Waals surface area contributed by atoms with Gasteiger partial charge in [0.2, 0.25) is 10.0 Å². The molecule has 7 nitrogen and oxygen atoms in total. The van der Waals surface area contributed by atoms with Gasteiger partial charge in [0.25, 0.3) is 0 Å². The molecule has 0 radical (unpaired) electrons. The van der Waals surface area contributed by atoms with E-state index in [4.69, 9.17) is 10.2 Å². The summed E-state index contributed by atoms with van der Waals surface area (Å²) in [4.78, 5) is 13.7. The minimum absolute atomic E-state index is 0.0617. The van der Waals surface area contributed by atoms with Gasteiger partial charge in [-0.1, -0.05) is 0 Å². The Labute approximate surface area is 115 Å². The molecule has 1 aliphatic heterocycles. The second-order valence-electron chi connectivity index (χ2n) is 4.91. The van der Waals surface area contributed by atoms with E-state index in [1.54, 1.807) is 0 Å². The normalized spacial score (nSPS) is 18.6. The third-order valence-electron chi connectivity index (χ3n) is 3.53. The maximum absolute atomic E-state index is 12.5. The van der Waals surface area contributed by atoms with Gasteiger partial charge >= 0.3 is 5.76 Å². The van der Waals surface area contributed by atoms with E-state index in [2.05, 4.69) is 4.98 Å². The van der Waals surface area contributed by atoms with Crippen LogP contribution in [0.2, 0.25) is 0 Å². The fourth-order valence-corrected chi connectivity index (χ4v) is 3.84. The first kappa shape index (κ1) is 13.3.